The summed E-state index contributed by atoms with van der Waals surface area (Å²) in [5, 5.41) is 4.80. The van der Waals surface area contributed by atoms with Crippen LogP contribution in [0.25, 0.3) is 0 Å². The van der Waals surface area contributed by atoms with Crippen molar-refractivity contribution in [3.05, 3.63) is 40.5 Å². The number of hydrogen-bond donors (Lipinski definition) is 2. The number of nitrogens with one attached hydrogen (secondary N) is 1. The molecule has 1 heterocycles. The van der Waals surface area contributed by atoms with Crippen LogP contribution in [0.4, 0.5) is 10.1 Å². The van der Waals surface area contributed by atoms with Gasteiger partial charge >= 0.3 is 0 Å². The molecule has 2 aromatic rings. The summed E-state index contributed by atoms with van der Waals surface area (Å²) >= 11 is 4.95. The molecular formula is C10H10BrN3S. The minimum absolute atomic E-state index is 0.727. The number of anilines is 2. The molecule has 78 valence electrons. The van der Waals surface area contributed by atoms with Crippen molar-refractivity contribution in [3.63, 3.8) is 0 Å². The van der Waals surface area contributed by atoms with Crippen LogP contribution in [-0.2, 0) is 6.54 Å². The highest BCUT2D eigenvalue weighted by Gasteiger charge is 2.00. The number of benzene rings is 1. The number of nitrogens with two attached hydrogens (primary N) is 1. The van der Waals surface area contributed by atoms with Gasteiger partial charge < -0.3 is 11.1 Å². The van der Waals surface area contributed by atoms with E-state index in [1.54, 1.807) is 6.20 Å². The van der Waals surface area contributed by atoms with E-state index >= 15 is 0 Å². The summed E-state index contributed by atoms with van der Waals surface area (Å²) < 4.78 is 1.10. The summed E-state index contributed by atoms with van der Waals surface area (Å²) in [6.07, 6.45) is 1.66. The monoisotopic (exact) mass is 283 g/mol. The number of hydrogen-bond acceptors (Lipinski definition) is 4. The Morgan fingerprint density at radius 1 is 1.40 bits per heavy atom. The highest BCUT2D eigenvalue weighted by molar-refractivity contribution is 9.10. The van der Waals surface area contributed by atoms with Gasteiger partial charge in [0.15, 0.2) is 5.13 Å². The number of aromatic nitrogens is 1. The molecule has 0 aliphatic carbocycles. The van der Waals surface area contributed by atoms with E-state index in [4.69, 9.17) is 5.73 Å². The zero-order chi connectivity index (χ0) is 10.7. The average molecular weight is 284 g/mol. The van der Waals surface area contributed by atoms with Crippen LogP contribution in [0.15, 0.2) is 34.9 Å². The lowest BCUT2D eigenvalue weighted by Gasteiger charge is -2.04. The number of halogens is 1. The SMILES string of the molecule is Nc1cnc(NCc2ccccc2Br)s1. The first-order valence-electron chi connectivity index (χ1n) is 4.44. The minimum atomic E-state index is 0.727. The Hall–Kier alpha value is -1.07. The fraction of sp³-hybridized carbons (Fsp3) is 0.100. The summed E-state index contributed by atoms with van der Waals surface area (Å²) in [6.45, 7) is 0.744. The van der Waals surface area contributed by atoms with E-state index in [1.807, 2.05) is 18.2 Å². The van der Waals surface area contributed by atoms with E-state index in [0.29, 0.717) is 0 Å². The molecule has 0 amide bonds. The second-order valence-corrected chi connectivity index (χ2v) is 4.93. The van der Waals surface area contributed by atoms with E-state index in [0.717, 1.165) is 21.2 Å². The Morgan fingerprint density at radius 3 is 2.87 bits per heavy atom. The topological polar surface area (TPSA) is 50.9 Å². The van der Waals surface area contributed by atoms with Gasteiger partial charge in [-0.3, -0.25) is 0 Å². The Labute approximate surface area is 100 Å². The highest BCUT2D eigenvalue weighted by atomic mass is 79.9. The third kappa shape index (κ3) is 2.70. The van der Waals surface area contributed by atoms with Crippen molar-refractivity contribution in [2.45, 2.75) is 6.54 Å². The predicted molar refractivity (Wildman–Crippen MR) is 68.0 cm³/mol. The van der Waals surface area contributed by atoms with E-state index in [-0.39, 0.29) is 0 Å². The standard InChI is InChI=1S/C10H10BrN3S/c11-8-4-2-1-3-7(8)5-13-10-14-6-9(12)15-10/h1-4,6H,5,12H2,(H,13,14). The molecule has 0 saturated carbocycles. The fourth-order valence-corrected chi connectivity index (χ4v) is 2.18. The summed E-state index contributed by atoms with van der Waals surface area (Å²) in [7, 11) is 0. The first-order valence-corrected chi connectivity index (χ1v) is 6.05. The van der Waals surface area contributed by atoms with Gasteiger partial charge in [-0.05, 0) is 11.6 Å². The Balaban J connectivity index is 2.02. The largest absolute Gasteiger partial charge is 0.389 e. The zero-order valence-corrected chi connectivity index (χ0v) is 10.3. The van der Waals surface area contributed by atoms with Crippen molar-refractivity contribution in [2.24, 2.45) is 0 Å². The third-order valence-electron chi connectivity index (χ3n) is 1.91. The van der Waals surface area contributed by atoms with Crippen molar-refractivity contribution in [3.8, 4) is 0 Å². The average Bonchev–Trinajstić information content (AvgIpc) is 2.63. The van der Waals surface area contributed by atoms with Crippen LogP contribution >= 0.6 is 27.3 Å². The first-order chi connectivity index (χ1) is 7.25. The van der Waals surface area contributed by atoms with Gasteiger partial charge in [-0.1, -0.05) is 45.5 Å². The Morgan fingerprint density at radius 2 is 2.20 bits per heavy atom. The summed E-state index contributed by atoms with van der Waals surface area (Å²) in [5.41, 5.74) is 6.78. The fourth-order valence-electron chi connectivity index (χ4n) is 1.18. The molecular weight excluding hydrogens is 274 g/mol. The van der Waals surface area contributed by atoms with Crippen LogP contribution in [0, 0.1) is 0 Å². The van der Waals surface area contributed by atoms with Crippen LogP contribution in [0.5, 0.6) is 0 Å². The predicted octanol–water partition coefficient (Wildman–Crippen LogP) is 3.10. The van der Waals surface area contributed by atoms with Crippen LogP contribution < -0.4 is 11.1 Å². The number of thiazole rings is 1. The minimum Gasteiger partial charge on any atom is -0.389 e. The molecule has 0 radical (unpaired) electrons. The Bertz CT molecular complexity index is 455. The van der Waals surface area contributed by atoms with Gasteiger partial charge in [0, 0.05) is 11.0 Å². The molecule has 0 bridgehead atoms. The van der Waals surface area contributed by atoms with Crippen molar-refractivity contribution >= 4 is 37.4 Å². The summed E-state index contributed by atoms with van der Waals surface area (Å²) in [5.74, 6) is 0. The second kappa shape index (κ2) is 4.63. The maximum atomic E-state index is 5.58. The molecule has 2 rings (SSSR count). The van der Waals surface area contributed by atoms with Crippen LogP contribution in [-0.4, -0.2) is 4.98 Å². The van der Waals surface area contributed by atoms with Gasteiger partial charge in [0.25, 0.3) is 0 Å². The first kappa shape index (κ1) is 10.4. The molecule has 3 nitrogen and oxygen atoms in total. The van der Waals surface area contributed by atoms with Crippen molar-refractivity contribution in [1.82, 2.24) is 4.98 Å². The van der Waals surface area contributed by atoms with Crippen molar-refractivity contribution in [2.75, 3.05) is 11.1 Å². The molecule has 0 fully saturated rings. The number of rotatable bonds is 3. The molecule has 0 aliphatic rings. The molecule has 15 heavy (non-hydrogen) atoms. The second-order valence-electron chi connectivity index (χ2n) is 3.01. The molecule has 0 aliphatic heterocycles. The van der Waals surface area contributed by atoms with Gasteiger partial charge in [0.05, 0.1) is 6.20 Å². The van der Waals surface area contributed by atoms with E-state index in [9.17, 15) is 0 Å². The molecule has 0 unspecified atom stereocenters. The third-order valence-corrected chi connectivity index (χ3v) is 3.47. The van der Waals surface area contributed by atoms with Crippen LogP contribution in [0.3, 0.4) is 0 Å². The van der Waals surface area contributed by atoms with Crippen LogP contribution in [0.2, 0.25) is 0 Å². The number of nitrogens with zero attached hydrogens (tertiary/aromatic N) is 1. The van der Waals surface area contributed by atoms with E-state index in [1.165, 1.54) is 16.9 Å². The Kier molecular flexibility index (Phi) is 3.23. The molecule has 0 atom stereocenters. The maximum absolute atomic E-state index is 5.58. The molecule has 5 heteroatoms. The molecule has 1 aromatic heterocycles. The van der Waals surface area contributed by atoms with Gasteiger partial charge in [-0.15, -0.1) is 0 Å². The van der Waals surface area contributed by atoms with Gasteiger partial charge in [-0.2, -0.15) is 0 Å². The molecule has 3 N–H and O–H groups in total. The molecule has 0 saturated heterocycles. The van der Waals surface area contributed by atoms with Gasteiger partial charge in [0.1, 0.15) is 5.00 Å². The van der Waals surface area contributed by atoms with Gasteiger partial charge in [0.2, 0.25) is 0 Å². The van der Waals surface area contributed by atoms with Gasteiger partial charge in [-0.25, -0.2) is 4.98 Å². The zero-order valence-electron chi connectivity index (χ0n) is 7.90. The maximum Gasteiger partial charge on any atom is 0.184 e. The lowest BCUT2D eigenvalue weighted by molar-refractivity contribution is 1.12. The lowest BCUT2D eigenvalue weighted by Crippen LogP contribution is -1.99. The molecule has 1 aromatic carbocycles. The molecule has 0 spiro atoms. The highest BCUT2D eigenvalue weighted by Crippen LogP contribution is 2.22. The van der Waals surface area contributed by atoms with Crippen molar-refractivity contribution < 1.29 is 0 Å². The normalized spacial score (nSPS) is 10.2. The number of nitrogen functional groups attached to an aromatic ring is 1. The summed E-state index contributed by atoms with van der Waals surface area (Å²) in [4.78, 5) is 4.13. The van der Waals surface area contributed by atoms with E-state index < -0.39 is 0 Å². The quantitative estimate of drug-likeness (QED) is 0.910. The summed E-state index contributed by atoms with van der Waals surface area (Å²) in [6, 6.07) is 8.09. The van der Waals surface area contributed by atoms with Crippen molar-refractivity contribution in [1.29, 1.82) is 0 Å². The smallest absolute Gasteiger partial charge is 0.184 e. The lowest BCUT2D eigenvalue weighted by atomic mass is 10.2. The van der Waals surface area contributed by atoms with E-state index in [2.05, 4.69) is 32.3 Å². The van der Waals surface area contributed by atoms with Crippen LogP contribution in [0.1, 0.15) is 5.56 Å².